The summed E-state index contributed by atoms with van der Waals surface area (Å²) in [7, 11) is 0. The van der Waals surface area contributed by atoms with Crippen molar-refractivity contribution in [3.8, 4) is 66.8 Å². The van der Waals surface area contributed by atoms with E-state index in [-0.39, 0.29) is 0 Å². The number of hydrogen-bond donors (Lipinski definition) is 0. The van der Waals surface area contributed by atoms with Gasteiger partial charge < -0.3 is 4.90 Å². The van der Waals surface area contributed by atoms with Crippen LogP contribution >= 0.6 is 0 Å². The Balaban J connectivity index is 1.10. The lowest BCUT2D eigenvalue weighted by atomic mass is 9.83. The van der Waals surface area contributed by atoms with Gasteiger partial charge in [-0.05, 0) is 119 Å². The molecule has 0 atom stereocenters. The maximum Gasteiger partial charge on any atom is 0.0540 e. The Hall–Kier alpha value is -8.26. The van der Waals surface area contributed by atoms with E-state index in [4.69, 9.17) is 0 Å². The summed E-state index contributed by atoms with van der Waals surface area (Å²) in [5.74, 6) is 0. The molecule has 0 saturated carbocycles. The predicted molar refractivity (Wildman–Crippen MR) is 269 cm³/mol. The average Bonchev–Trinajstić information content (AvgIpc) is 3.37. The van der Waals surface area contributed by atoms with Gasteiger partial charge in [0.05, 0.1) is 5.69 Å². The van der Waals surface area contributed by atoms with Crippen molar-refractivity contribution in [3.05, 3.63) is 261 Å². The number of benzene rings is 11. The molecule has 0 aliphatic carbocycles. The van der Waals surface area contributed by atoms with Gasteiger partial charge in [-0.2, -0.15) is 0 Å². The summed E-state index contributed by atoms with van der Waals surface area (Å²) < 4.78 is 0. The third-order valence-corrected chi connectivity index (χ3v) is 12.3. The Morgan fingerprint density at radius 2 is 0.603 bits per heavy atom. The van der Waals surface area contributed by atoms with Crippen LogP contribution in [-0.2, 0) is 0 Å². The van der Waals surface area contributed by atoms with Crippen LogP contribution in [0.2, 0.25) is 0 Å². The largest absolute Gasteiger partial charge is 0.310 e. The van der Waals surface area contributed by atoms with E-state index in [0.29, 0.717) is 0 Å². The van der Waals surface area contributed by atoms with Gasteiger partial charge in [0, 0.05) is 16.9 Å². The van der Waals surface area contributed by atoms with E-state index in [0.717, 1.165) is 22.6 Å². The first-order valence-electron chi connectivity index (χ1n) is 21.7. The maximum atomic E-state index is 2.41. The molecule has 1 nitrogen and oxygen atoms in total. The summed E-state index contributed by atoms with van der Waals surface area (Å²) in [5, 5.41) is 5.00. The maximum absolute atomic E-state index is 2.41. The van der Waals surface area contributed by atoms with Crippen molar-refractivity contribution in [2.24, 2.45) is 0 Å². The van der Waals surface area contributed by atoms with Crippen molar-refractivity contribution in [2.45, 2.75) is 0 Å². The van der Waals surface area contributed by atoms with Crippen molar-refractivity contribution in [2.75, 3.05) is 4.90 Å². The highest BCUT2D eigenvalue weighted by Crippen LogP contribution is 2.48. The summed E-state index contributed by atoms with van der Waals surface area (Å²) in [6, 6.07) is 94.6. The molecule has 0 unspecified atom stereocenters. The molecular formula is C62H43N. The summed E-state index contributed by atoms with van der Waals surface area (Å²) in [6.07, 6.45) is 0. The Morgan fingerprint density at radius 1 is 0.222 bits per heavy atom. The highest BCUT2D eigenvalue weighted by atomic mass is 15.1. The first-order valence-corrected chi connectivity index (χ1v) is 21.7. The molecule has 296 valence electrons. The van der Waals surface area contributed by atoms with Gasteiger partial charge in [-0.1, -0.05) is 224 Å². The molecule has 0 aliphatic heterocycles. The van der Waals surface area contributed by atoms with E-state index >= 15 is 0 Å². The van der Waals surface area contributed by atoms with Gasteiger partial charge >= 0.3 is 0 Å². The molecule has 0 aliphatic rings. The molecule has 0 saturated heterocycles. The number of fused-ring (bicyclic) bond motifs is 3. The summed E-state index contributed by atoms with van der Waals surface area (Å²) >= 11 is 0. The monoisotopic (exact) mass is 801 g/mol. The molecule has 0 N–H and O–H groups in total. The van der Waals surface area contributed by atoms with E-state index in [1.54, 1.807) is 0 Å². The molecule has 1 heteroatoms. The average molecular weight is 802 g/mol. The van der Waals surface area contributed by atoms with Gasteiger partial charge in [0.2, 0.25) is 0 Å². The fourth-order valence-corrected chi connectivity index (χ4v) is 9.33. The Labute approximate surface area is 369 Å². The molecular weight excluding hydrogens is 759 g/mol. The van der Waals surface area contributed by atoms with Gasteiger partial charge in [0.25, 0.3) is 0 Å². The highest BCUT2D eigenvalue weighted by molar-refractivity contribution is 6.25. The fraction of sp³-hybridized carbons (Fsp3) is 0. The highest BCUT2D eigenvalue weighted by Gasteiger charge is 2.22. The molecule has 0 spiro atoms. The smallest absolute Gasteiger partial charge is 0.0540 e. The number of nitrogens with zero attached hydrogens (tertiary/aromatic N) is 1. The molecule has 0 amide bonds. The van der Waals surface area contributed by atoms with Crippen LogP contribution in [0.1, 0.15) is 0 Å². The lowest BCUT2D eigenvalue weighted by Gasteiger charge is -2.29. The lowest BCUT2D eigenvalue weighted by molar-refractivity contribution is 1.28. The number of hydrogen-bond acceptors (Lipinski definition) is 1. The van der Waals surface area contributed by atoms with Gasteiger partial charge in [-0.25, -0.2) is 0 Å². The van der Waals surface area contributed by atoms with E-state index in [1.807, 2.05) is 0 Å². The van der Waals surface area contributed by atoms with Crippen molar-refractivity contribution >= 4 is 38.6 Å². The summed E-state index contributed by atoms with van der Waals surface area (Å²) in [6.45, 7) is 0. The normalized spacial score (nSPS) is 11.2. The Bertz CT molecular complexity index is 3320. The number of rotatable bonds is 9. The van der Waals surface area contributed by atoms with Crippen LogP contribution < -0.4 is 4.90 Å². The predicted octanol–water partition coefficient (Wildman–Crippen LogP) is 17.5. The van der Waals surface area contributed by atoms with E-state index in [9.17, 15) is 0 Å². The second-order valence-electron chi connectivity index (χ2n) is 16.0. The van der Waals surface area contributed by atoms with Gasteiger partial charge in [-0.3, -0.25) is 0 Å². The fourth-order valence-electron chi connectivity index (χ4n) is 9.33. The van der Waals surface area contributed by atoms with Crippen molar-refractivity contribution < 1.29 is 0 Å². The Kier molecular flexibility index (Phi) is 9.97. The molecule has 11 aromatic rings. The molecule has 11 rings (SSSR count). The topological polar surface area (TPSA) is 3.24 Å². The molecule has 0 bridgehead atoms. The lowest BCUT2D eigenvalue weighted by Crippen LogP contribution is -2.11. The minimum atomic E-state index is 1.08. The van der Waals surface area contributed by atoms with Crippen LogP contribution in [0, 0.1) is 0 Å². The van der Waals surface area contributed by atoms with E-state index in [2.05, 4.69) is 266 Å². The zero-order chi connectivity index (χ0) is 42.0. The minimum absolute atomic E-state index is 1.08. The molecule has 0 aromatic heterocycles. The standard InChI is InChI=1S/C62H43N/c1-6-19-44(20-7-1)46-33-38-52(39-34-46)63(59-42-37-51(45-21-8-2-9-22-45)43-58(59)47-23-10-3-11-24-47)53-40-35-48(36-41-53)54-31-18-32-57-61(50-27-14-5-15-28-50)60(49-25-12-4-13-26-49)55-29-16-17-30-56(55)62(54)57/h1-43H. The Morgan fingerprint density at radius 3 is 1.16 bits per heavy atom. The first kappa shape index (κ1) is 37.7. The third kappa shape index (κ3) is 7.16. The van der Waals surface area contributed by atoms with Crippen molar-refractivity contribution in [1.29, 1.82) is 0 Å². The van der Waals surface area contributed by atoms with Crippen LogP contribution in [-0.4, -0.2) is 0 Å². The second-order valence-corrected chi connectivity index (χ2v) is 16.0. The third-order valence-electron chi connectivity index (χ3n) is 12.3. The zero-order valence-electron chi connectivity index (χ0n) is 34.8. The summed E-state index contributed by atoms with van der Waals surface area (Å²) in [5.41, 5.74) is 17.7. The van der Waals surface area contributed by atoms with Crippen LogP contribution in [0.5, 0.6) is 0 Å². The minimum Gasteiger partial charge on any atom is -0.310 e. The van der Waals surface area contributed by atoms with Crippen LogP contribution in [0.4, 0.5) is 17.1 Å². The quantitative estimate of drug-likeness (QED) is 0.131. The van der Waals surface area contributed by atoms with Gasteiger partial charge in [0.1, 0.15) is 0 Å². The second kappa shape index (κ2) is 16.7. The van der Waals surface area contributed by atoms with E-state index < -0.39 is 0 Å². The SMILES string of the molecule is c1ccc(-c2ccc(N(c3ccc(-c4cccc5c(-c6ccccc6)c(-c6ccccc6)c6ccccc6c45)cc3)c3ccc(-c4ccccc4)cc3-c3ccccc3)cc2)cc1. The molecule has 11 aromatic carbocycles. The first-order chi connectivity index (χ1) is 31.3. The molecule has 63 heavy (non-hydrogen) atoms. The van der Waals surface area contributed by atoms with Crippen molar-refractivity contribution in [3.63, 3.8) is 0 Å². The van der Waals surface area contributed by atoms with Crippen LogP contribution in [0.25, 0.3) is 88.3 Å². The van der Waals surface area contributed by atoms with Crippen molar-refractivity contribution in [1.82, 2.24) is 0 Å². The molecule has 0 heterocycles. The summed E-state index contributed by atoms with van der Waals surface area (Å²) in [4.78, 5) is 2.41. The zero-order valence-corrected chi connectivity index (χ0v) is 34.8. The molecule has 0 fully saturated rings. The van der Waals surface area contributed by atoms with Crippen LogP contribution in [0.3, 0.4) is 0 Å². The number of anilines is 3. The van der Waals surface area contributed by atoms with E-state index in [1.165, 1.54) is 82.7 Å². The van der Waals surface area contributed by atoms with Gasteiger partial charge in [0.15, 0.2) is 0 Å². The molecule has 0 radical (unpaired) electrons. The van der Waals surface area contributed by atoms with Crippen LogP contribution in [0.15, 0.2) is 261 Å². The van der Waals surface area contributed by atoms with Gasteiger partial charge in [-0.15, -0.1) is 0 Å².